The van der Waals surface area contributed by atoms with Crippen molar-refractivity contribution in [2.45, 2.75) is 6.92 Å². The number of hydrogen-bond acceptors (Lipinski definition) is 4. The van der Waals surface area contributed by atoms with Crippen molar-refractivity contribution in [2.24, 2.45) is 10.7 Å². The van der Waals surface area contributed by atoms with Gasteiger partial charge >= 0.3 is 0 Å². The van der Waals surface area contributed by atoms with Crippen molar-refractivity contribution in [2.75, 3.05) is 0 Å². The number of guanidine groups is 1. The molecular weight excluding hydrogens is 206 g/mol. The lowest BCUT2D eigenvalue weighted by Gasteiger charge is -1.96. The molecule has 6 heteroatoms. The number of aryl methyl sites for hydroxylation is 1. The topological polar surface area (TPSA) is 100 Å². The first-order valence-corrected chi connectivity index (χ1v) is 4.55. The maximum absolute atomic E-state index is 8.34. The van der Waals surface area contributed by atoms with Crippen LogP contribution in [-0.2, 0) is 0 Å². The van der Waals surface area contributed by atoms with E-state index in [0.717, 1.165) is 0 Å². The van der Waals surface area contributed by atoms with Crippen LogP contribution in [0.25, 0.3) is 11.1 Å². The number of oxazole rings is 1. The fourth-order valence-electron chi connectivity index (χ4n) is 1.32. The number of aromatic nitrogens is 1. The van der Waals surface area contributed by atoms with Crippen molar-refractivity contribution in [1.82, 2.24) is 10.3 Å². The van der Waals surface area contributed by atoms with Gasteiger partial charge in [0.05, 0.1) is 5.69 Å². The lowest BCUT2D eigenvalue weighted by Crippen LogP contribution is -2.26. The summed E-state index contributed by atoms with van der Waals surface area (Å²) in [4.78, 5) is 8.15. The van der Waals surface area contributed by atoms with Crippen molar-refractivity contribution in [3.63, 3.8) is 0 Å². The molecule has 1 heterocycles. The van der Waals surface area contributed by atoms with Crippen LogP contribution in [0.15, 0.2) is 27.6 Å². The molecule has 0 radical (unpaired) electrons. The molecule has 0 aliphatic heterocycles. The summed E-state index contributed by atoms with van der Waals surface area (Å²) >= 11 is 0. The second-order valence-corrected chi connectivity index (χ2v) is 3.12. The minimum atomic E-state index is 0.0436. The van der Waals surface area contributed by atoms with Gasteiger partial charge in [0.1, 0.15) is 5.52 Å². The van der Waals surface area contributed by atoms with Crippen LogP contribution in [0.3, 0.4) is 0 Å². The highest BCUT2D eigenvalue weighted by Gasteiger charge is 2.02. The van der Waals surface area contributed by atoms with Crippen LogP contribution in [0.5, 0.6) is 0 Å². The summed E-state index contributed by atoms with van der Waals surface area (Å²) in [5.74, 6) is 0.640. The smallest absolute Gasteiger partial charge is 0.207 e. The second kappa shape index (κ2) is 3.90. The molecule has 0 fully saturated rings. The third-order valence-electron chi connectivity index (χ3n) is 1.91. The van der Waals surface area contributed by atoms with E-state index in [1.807, 2.05) is 0 Å². The summed E-state index contributed by atoms with van der Waals surface area (Å²) < 4.78 is 5.32. The van der Waals surface area contributed by atoms with E-state index in [4.69, 9.17) is 15.4 Å². The Morgan fingerprint density at radius 3 is 3.19 bits per heavy atom. The highest BCUT2D eigenvalue weighted by molar-refractivity contribution is 5.84. The molecule has 0 spiro atoms. The zero-order chi connectivity index (χ0) is 11.5. The van der Waals surface area contributed by atoms with E-state index in [-0.39, 0.29) is 5.96 Å². The number of hydrogen-bond donors (Lipinski definition) is 2. The molecule has 0 atom stereocenters. The lowest BCUT2D eigenvalue weighted by molar-refractivity contribution is 0.561. The maximum Gasteiger partial charge on any atom is 0.207 e. The monoisotopic (exact) mass is 215 g/mol. The Kier molecular flexibility index (Phi) is 2.44. The van der Waals surface area contributed by atoms with Crippen molar-refractivity contribution < 1.29 is 4.42 Å². The molecule has 1 aromatic heterocycles. The summed E-state index contributed by atoms with van der Waals surface area (Å²) in [5.41, 5.74) is 7.46. The number of rotatable bonds is 1. The Morgan fingerprint density at radius 2 is 2.44 bits per heavy atom. The average molecular weight is 215 g/mol. The molecule has 16 heavy (non-hydrogen) atoms. The number of fused-ring (bicyclic) bond motifs is 1. The molecule has 1 aromatic carbocycles. The maximum atomic E-state index is 8.34. The fourth-order valence-corrected chi connectivity index (χ4v) is 1.32. The largest absolute Gasteiger partial charge is 0.441 e. The van der Waals surface area contributed by atoms with Crippen LogP contribution in [0.2, 0.25) is 0 Å². The minimum Gasteiger partial charge on any atom is -0.441 e. The predicted molar refractivity (Wildman–Crippen MR) is 58.8 cm³/mol. The Hall–Kier alpha value is -2.55. The molecule has 80 valence electrons. The van der Waals surface area contributed by atoms with Gasteiger partial charge in [-0.05, 0) is 18.2 Å². The normalized spacial score (nSPS) is 11.4. The third kappa shape index (κ3) is 1.93. The molecular formula is C10H9N5O. The molecule has 0 saturated carbocycles. The summed E-state index contributed by atoms with van der Waals surface area (Å²) in [6, 6.07) is 5.23. The minimum absolute atomic E-state index is 0.0436. The van der Waals surface area contributed by atoms with Crippen LogP contribution in [-0.4, -0.2) is 10.9 Å². The fraction of sp³-hybridized carbons (Fsp3) is 0.100. The molecule has 0 aliphatic rings. The zero-order valence-corrected chi connectivity index (χ0v) is 8.56. The number of nitrogens with zero attached hydrogens (tertiary/aromatic N) is 3. The molecule has 2 rings (SSSR count). The highest BCUT2D eigenvalue weighted by Crippen LogP contribution is 2.21. The molecule has 0 bridgehead atoms. The number of nitriles is 1. The summed E-state index contributed by atoms with van der Waals surface area (Å²) in [6.07, 6.45) is 1.69. The lowest BCUT2D eigenvalue weighted by atomic mass is 10.3. The summed E-state index contributed by atoms with van der Waals surface area (Å²) in [7, 11) is 0. The average Bonchev–Trinajstić information content (AvgIpc) is 2.57. The van der Waals surface area contributed by atoms with Gasteiger partial charge in [-0.25, -0.2) is 9.98 Å². The van der Waals surface area contributed by atoms with E-state index in [9.17, 15) is 0 Å². The van der Waals surface area contributed by atoms with Crippen LogP contribution < -0.4 is 11.1 Å². The zero-order valence-electron chi connectivity index (χ0n) is 8.56. The molecule has 3 N–H and O–H groups in total. The van der Waals surface area contributed by atoms with E-state index in [0.29, 0.717) is 22.7 Å². The van der Waals surface area contributed by atoms with Gasteiger partial charge in [0.25, 0.3) is 0 Å². The first-order valence-electron chi connectivity index (χ1n) is 4.55. The van der Waals surface area contributed by atoms with Crippen LogP contribution in [0.4, 0.5) is 5.69 Å². The van der Waals surface area contributed by atoms with E-state index in [1.54, 1.807) is 31.3 Å². The number of nitrogens with one attached hydrogen (secondary N) is 1. The van der Waals surface area contributed by atoms with Gasteiger partial charge in [0.15, 0.2) is 17.7 Å². The number of nitrogens with two attached hydrogens (primary N) is 1. The van der Waals surface area contributed by atoms with Gasteiger partial charge in [0.2, 0.25) is 5.96 Å². The van der Waals surface area contributed by atoms with Crippen LogP contribution in [0, 0.1) is 18.4 Å². The SMILES string of the molecule is Cc1nc2cc(N=C(N)NC#N)ccc2o1. The van der Waals surface area contributed by atoms with Gasteiger partial charge in [-0.1, -0.05) is 0 Å². The quantitative estimate of drug-likeness (QED) is 0.321. The van der Waals surface area contributed by atoms with E-state index in [1.165, 1.54) is 0 Å². The predicted octanol–water partition coefficient (Wildman–Crippen LogP) is 1.15. The van der Waals surface area contributed by atoms with Crippen molar-refractivity contribution in [3.05, 3.63) is 24.1 Å². The van der Waals surface area contributed by atoms with Gasteiger partial charge < -0.3 is 10.2 Å². The standard InChI is InChI=1S/C10H9N5O/c1-6-14-8-4-7(2-3-9(8)16-6)15-10(12)13-5-11/h2-4H,1H3,(H3,12,13,15). The molecule has 6 nitrogen and oxygen atoms in total. The first kappa shape index (κ1) is 9.98. The highest BCUT2D eigenvalue weighted by atomic mass is 16.3. The Labute approximate surface area is 91.4 Å². The number of aliphatic imine (C=N–C) groups is 1. The second-order valence-electron chi connectivity index (χ2n) is 3.12. The Bertz CT molecular complexity index is 593. The summed E-state index contributed by atoms with van der Waals surface area (Å²) in [6.45, 7) is 1.77. The van der Waals surface area contributed by atoms with Gasteiger partial charge in [0, 0.05) is 6.92 Å². The van der Waals surface area contributed by atoms with Crippen molar-refractivity contribution in [1.29, 1.82) is 5.26 Å². The van der Waals surface area contributed by atoms with Gasteiger partial charge in [-0.15, -0.1) is 0 Å². The van der Waals surface area contributed by atoms with Crippen LogP contribution >= 0.6 is 0 Å². The van der Waals surface area contributed by atoms with E-state index >= 15 is 0 Å². The summed E-state index contributed by atoms with van der Waals surface area (Å²) in [5, 5.41) is 10.6. The molecule has 0 aliphatic carbocycles. The van der Waals surface area contributed by atoms with Crippen molar-refractivity contribution >= 4 is 22.7 Å². The molecule has 0 saturated heterocycles. The number of benzene rings is 1. The molecule has 0 amide bonds. The van der Waals surface area contributed by atoms with Gasteiger partial charge in [-0.3, -0.25) is 5.32 Å². The van der Waals surface area contributed by atoms with E-state index in [2.05, 4.69) is 15.3 Å². The van der Waals surface area contributed by atoms with Gasteiger partial charge in [-0.2, -0.15) is 5.26 Å². The van der Waals surface area contributed by atoms with Crippen LogP contribution in [0.1, 0.15) is 5.89 Å². The molecule has 2 aromatic rings. The third-order valence-corrected chi connectivity index (χ3v) is 1.91. The van der Waals surface area contributed by atoms with E-state index < -0.39 is 0 Å². The van der Waals surface area contributed by atoms with Crippen molar-refractivity contribution in [3.8, 4) is 6.19 Å². The Balaban J connectivity index is 2.40. The first-order chi connectivity index (χ1) is 7.69. The molecule has 0 unspecified atom stereocenters. The Morgan fingerprint density at radius 1 is 1.62 bits per heavy atom.